The summed E-state index contributed by atoms with van der Waals surface area (Å²) in [5.41, 5.74) is 3.73. The third-order valence-electron chi connectivity index (χ3n) is 3.44. The van der Waals surface area contributed by atoms with Gasteiger partial charge in [-0.1, -0.05) is 60.2 Å². The average Bonchev–Trinajstić information content (AvgIpc) is 2.46. The lowest BCUT2D eigenvalue weighted by atomic mass is 9.93. The van der Waals surface area contributed by atoms with E-state index in [9.17, 15) is 5.26 Å². The first kappa shape index (κ1) is 13.4. The largest absolute Gasteiger partial charge is 0.198 e. The van der Waals surface area contributed by atoms with E-state index in [4.69, 9.17) is 0 Å². The van der Waals surface area contributed by atoms with Gasteiger partial charge in [-0.25, -0.2) is 0 Å². The Morgan fingerprint density at radius 3 is 2.32 bits per heavy atom. The molecule has 0 bridgehead atoms. The molecule has 0 heterocycles. The Morgan fingerprint density at radius 2 is 1.68 bits per heavy atom. The monoisotopic (exact) mass is 249 g/mol. The Morgan fingerprint density at radius 1 is 1.00 bits per heavy atom. The standard InChI is InChI=1S/C18H19N/c1-15-10-12-17(13-11-15)18(14-19)9-5-8-16-6-3-2-4-7-16/h2-4,6-7,10-13,18H,5,8-9H2,1H3. The summed E-state index contributed by atoms with van der Waals surface area (Å²) >= 11 is 0. The molecule has 0 amide bonds. The molecule has 0 spiro atoms. The van der Waals surface area contributed by atoms with Gasteiger partial charge in [0.25, 0.3) is 0 Å². The molecular formula is C18H19N. The summed E-state index contributed by atoms with van der Waals surface area (Å²) in [6.07, 6.45) is 3.02. The highest BCUT2D eigenvalue weighted by atomic mass is 14.3. The van der Waals surface area contributed by atoms with Crippen LogP contribution in [-0.2, 0) is 6.42 Å². The van der Waals surface area contributed by atoms with E-state index in [0.29, 0.717) is 0 Å². The molecule has 1 unspecified atom stereocenters. The van der Waals surface area contributed by atoms with Gasteiger partial charge in [0.1, 0.15) is 0 Å². The highest BCUT2D eigenvalue weighted by Crippen LogP contribution is 2.22. The number of benzene rings is 2. The van der Waals surface area contributed by atoms with Crippen molar-refractivity contribution in [3.05, 3.63) is 71.3 Å². The summed E-state index contributed by atoms with van der Waals surface area (Å²) in [5.74, 6) is 0.0179. The maximum absolute atomic E-state index is 9.30. The molecule has 1 nitrogen and oxygen atoms in total. The fourth-order valence-electron chi connectivity index (χ4n) is 2.26. The van der Waals surface area contributed by atoms with Crippen LogP contribution in [-0.4, -0.2) is 0 Å². The van der Waals surface area contributed by atoms with Crippen LogP contribution in [0.4, 0.5) is 0 Å². The fraction of sp³-hybridized carbons (Fsp3) is 0.278. The van der Waals surface area contributed by atoms with Crippen LogP contribution < -0.4 is 0 Å². The number of hydrogen-bond donors (Lipinski definition) is 0. The molecule has 2 rings (SSSR count). The minimum atomic E-state index is 0.0179. The molecule has 0 fully saturated rings. The van der Waals surface area contributed by atoms with Crippen LogP contribution in [0.3, 0.4) is 0 Å². The third kappa shape index (κ3) is 3.96. The van der Waals surface area contributed by atoms with Gasteiger partial charge in [0.2, 0.25) is 0 Å². The van der Waals surface area contributed by atoms with Crippen LogP contribution in [0.1, 0.15) is 35.4 Å². The summed E-state index contributed by atoms with van der Waals surface area (Å²) < 4.78 is 0. The van der Waals surface area contributed by atoms with E-state index < -0.39 is 0 Å². The van der Waals surface area contributed by atoms with Crippen molar-refractivity contribution in [3.63, 3.8) is 0 Å². The molecule has 96 valence electrons. The molecule has 2 aromatic carbocycles. The number of nitriles is 1. The van der Waals surface area contributed by atoms with Gasteiger partial charge in [0.15, 0.2) is 0 Å². The summed E-state index contributed by atoms with van der Waals surface area (Å²) in [6.45, 7) is 2.07. The average molecular weight is 249 g/mol. The van der Waals surface area contributed by atoms with Crippen LogP contribution in [0, 0.1) is 18.3 Å². The van der Waals surface area contributed by atoms with E-state index >= 15 is 0 Å². The molecule has 0 aliphatic rings. The Hall–Kier alpha value is -2.07. The van der Waals surface area contributed by atoms with E-state index in [2.05, 4.69) is 61.5 Å². The number of nitrogens with zero attached hydrogens (tertiary/aromatic N) is 1. The summed E-state index contributed by atoms with van der Waals surface area (Å²) in [6, 6.07) is 21.2. The molecule has 0 saturated carbocycles. The van der Waals surface area contributed by atoms with E-state index in [1.165, 1.54) is 11.1 Å². The summed E-state index contributed by atoms with van der Waals surface area (Å²) in [5, 5.41) is 9.30. The molecule has 0 aliphatic carbocycles. The SMILES string of the molecule is Cc1ccc(C(C#N)CCCc2ccccc2)cc1. The first-order valence-corrected chi connectivity index (χ1v) is 6.79. The van der Waals surface area contributed by atoms with Gasteiger partial charge in [0, 0.05) is 0 Å². The van der Waals surface area contributed by atoms with E-state index in [-0.39, 0.29) is 5.92 Å². The normalized spacial score (nSPS) is 11.8. The van der Waals surface area contributed by atoms with Gasteiger partial charge in [-0.15, -0.1) is 0 Å². The van der Waals surface area contributed by atoms with Gasteiger partial charge < -0.3 is 0 Å². The molecule has 0 aromatic heterocycles. The van der Waals surface area contributed by atoms with Crippen molar-refractivity contribution >= 4 is 0 Å². The Bertz CT molecular complexity index is 534. The van der Waals surface area contributed by atoms with Crippen molar-refractivity contribution < 1.29 is 0 Å². The zero-order valence-electron chi connectivity index (χ0n) is 11.3. The zero-order valence-corrected chi connectivity index (χ0v) is 11.3. The lowest BCUT2D eigenvalue weighted by Gasteiger charge is -2.09. The van der Waals surface area contributed by atoms with Crippen molar-refractivity contribution in [2.45, 2.75) is 32.1 Å². The minimum Gasteiger partial charge on any atom is -0.198 e. The quantitative estimate of drug-likeness (QED) is 0.758. The smallest absolute Gasteiger partial charge is 0.0712 e. The van der Waals surface area contributed by atoms with E-state index in [1.54, 1.807) is 0 Å². The van der Waals surface area contributed by atoms with Crippen LogP contribution in [0.25, 0.3) is 0 Å². The number of hydrogen-bond acceptors (Lipinski definition) is 1. The van der Waals surface area contributed by atoms with Gasteiger partial charge in [-0.05, 0) is 37.3 Å². The van der Waals surface area contributed by atoms with Crippen LogP contribution in [0.15, 0.2) is 54.6 Å². The maximum atomic E-state index is 9.30. The number of rotatable bonds is 5. The second-order valence-corrected chi connectivity index (χ2v) is 4.97. The fourth-order valence-corrected chi connectivity index (χ4v) is 2.26. The van der Waals surface area contributed by atoms with E-state index in [1.807, 2.05) is 6.07 Å². The molecule has 2 aromatic rings. The van der Waals surface area contributed by atoms with E-state index in [0.717, 1.165) is 24.8 Å². The molecule has 1 heteroatoms. The lowest BCUT2D eigenvalue weighted by Crippen LogP contribution is -1.97. The van der Waals surface area contributed by atoms with Gasteiger partial charge in [-0.3, -0.25) is 0 Å². The second-order valence-electron chi connectivity index (χ2n) is 4.97. The molecule has 0 radical (unpaired) electrons. The van der Waals surface area contributed by atoms with Gasteiger partial charge >= 0.3 is 0 Å². The predicted molar refractivity (Wildman–Crippen MR) is 78.9 cm³/mol. The second kappa shape index (κ2) is 6.75. The highest BCUT2D eigenvalue weighted by molar-refractivity contribution is 5.28. The summed E-state index contributed by atoms with van der Waals surface area (Å²) in [4.78, 5) is 0. The first-order chi connectivity index (χ1) is 9.29. The molecule has 0 N–H and O–H groups in total. The van der Waals surface area contributed by atoms with Crippen LogP contribution >= 0.6 is 0 Å². The Kier molecular flexibility index (Phi) is 4.75. The van der Waals surface area contributed by atoms with Crippen molar-refractivity contribution in [2.24, 2.45) is 0 Å². The molecule has 0 aliphatic heterocycles. The lowest BCUT2D eigenvalue weighted by molar-refractivity contribution is 0.683. The highest BCUT2D eigenvalue weighted by Gasteiger charge is 2.09. The Balaban J connectivity index is 1.90. The van der Waals surface area contributed by atoms with Crippen LogP contribution in [0.5, 0.6) is 0 Å². The molecule has 19 heavy (non-hydrogen) atoms. The first-order valence-electron chi connectivity index (χ1n) is 6.79. The van der Waals surface area contributed by atoms with Crippen molar-refractivity contribution in [3.8, 4) is 6.07 Å². The summed E-state index contributed by atoms with van der Waals surface area (Å²) in [7, 11) is 0. The van der Waals surface area contributed by atoms with Crippen molar-refractivity contribution in [2.75, 3.05) is 0 Å². The Labute approximate surface area is 115 Å². The zero-order chi connectivity index (χ0) is 13.5. The minimum absolute atomic E-state index is 0.0179. The van der Waals surface area contributed by atoms with Crippen molar-refractivity contribution in [1.29, 1.82) is 5.26 Å². The topological polar surface area (TPSA) is 23.8 Å². The van der Waals surface area contributed by atoms with Crippen LogP contribution in [0.2, 0.25) is 0 Å². The molecule has 0 saturated heterocycles. The maximum Gasteiger partial charge on any atom is 0.0712 e. The molecule has 1 atom stereocenters. The molecular weight excluding hydrogens is 230 g/mol. The van der Waals surface area contributed by atoms with Gasteiger partial charge in [-0.2, -0.15) is 5.26 Å². The van der Waals surface area contributed by atoms with Gasteiger partial charge in [0.05, 0.1) is 12.0 Å². The predicted octanol–water partition coefficient (Wildman–Crippen LogP) is 4.63. The van der Waals surface area contributed by atoms with Crippen molar-refractivity contribution in [1.82, 2.24) is 0 Å². The third-order valence-corrected chi connectivity index (χ3v) is 3.44. The number of aryl methyl sites for hydroxylation is 2.